The van der Waals surface area contributed by atoms with Crippen molar-refractivity contribution in [3.63, 3.8) is 0 Å². The molecule has 0 saturated carbocycles. The predicted octanol–water partition coefficient (Wildman–Crippen LogP) is 0.0186. The smallest absolute Gasteiger partial charge is 0.407 e. The van der Waals surface area contributed by atoms with Crippen LogP contribution in [0, 0.1) is 0 Å². The molecule has 0 spiro atoms. The molecule has 0 radical (unpaired) electrons. The second-order valence-electron chi connectivity index (χ2n) is 3.98. The van der Waals surface area contributed by atoms with E-state index in [2.05, 4.69) is 0 Å². The van der Waals surface area contributed by atoms with Gasteiger partial charge in [0.25, 0.3) is 0 Å². The normalized spacial score (nSPS) is 29.1. The van der Waals surface area contributed by atoms with Gasteiger partial charge >= 0.3 is 6.09 Å². The maximum Gasteiger partial charge on any atom is 0.407 e. The van der Waals surface area contributed by atoms with E-state index in [0.717, 1.165) is 6.26 Å². The van der Waals surface area contributed by atoms with Gasteiger partial charge in [-0.2, -0.15) is 4.31 Å². The molecule has 1 aliphatic heterocycles. The highest BCUT2D eigenvalue weighted by atomic mass is 32.2. The molecule has 0 bridgehead atoms. The Balaban J connectivity index is 2.87. The number of hydrogen-bond acceptors (Lipinski definition) is 3. The maximum atomic E-state index is 11.4. The number of rotatable bonds is 1. The van der Waals surface area contributed by atoms with Gasteiger partial charge in [0.15, 0.2) is 0 Å². The summed E-state index contributed by atoms with van der Waals surface area (Å²) in [5.41, 5.74) is 0. The number of carbonyl (C=O) groups is 1. The Bertz CT molecular complexity index is 342. The van der Waals surface area contributed by atoms with Crippen LogP contribution < -0.4 is 0 Å². The zero-order valence-electron chi connectivity index (χ0n) is 9.04. The molecule has 1 heterocycles. The molecule has 1 aliphatic rings. The van der Waals surface area contributed by atoms with Crippen molar-refractivity contribution >= 4 is 16.1 Å². The Kier molecular flexibility index (Phi) is 3.25. The van der Waals surface area contributed by atoms with E-state index < -0.39 is 16.1 Å². The zero-order chi connectivity index (χ0) is 11.8. The molecule has 0 aliphatic carbocycles. The molecule has 2 unspecified atom stereocenters. The van der Waals surface area contributed by atoms with Crippen molar-refractivity contribution in [1.29, 1.82) is 0 Å². The van der Waals surface area contributed by atoms with E-state index in [0.29, 0.717) is 0 Å². The topological polar surface area (TPSA) is 77.9 Å². The molecule has 7 heteroatoms. The minimum Gasteiger partial charge on any atom is -0.465 e. The van der Waals surface area contributed by atoms with Crippen molar-refractivity contribution < 1.29 is 18.3 Å². The van der Waals surface area contributed by atoms with Crippen LogP contribution in [0.2, 0.25) is 0 Å². The molecule has 6 nitrogen and oxygen atoms in total. The Morgan fingerprint density at radius 2 is 1.67 bits per heavy atom. The summed E-state index contributed by atoms with van der Waals surface area (Å²) in [5.74, 6) is 0. The Hall–Kier alpha value is -0.820. The molecular weight excluding hydrogens is 220 g/mol. The van der Waals surface area contributed by atoms with Gasteiger partial charge in [-0.25, -0.2) is 13.2 Å². The van der Waals surface area contributed by atoms with Crippen LogP contribution in [0.3, 0.4) is 0 Å². The summed E-state index contributed by atoms with van der Waals surface area (Å²) in [5, 5.41) is 8.82. The predicted molar refractivity (Wildman–Crippen MR) is 55.2 cm³/mol. The van der Waals surface area contributed by atoms with E-state index in [4.69, 9.17) is 5.11 Å². The fraction of sp³-hybridized carbons (Fsp3) is 0.875. The van der Waals surface area contributed by atoms with E-state index in [1.807, 2.05) is 0 Å². The summed E-state index contributed by atoms with van der Waals surface area (Å²) in [6, 6.07) is -0.611. The summed E-state index contributed by atoms with van der Waals surface area (Å²) < 4.78 is 24.3. The first kappa shape index (κ1) is 12.3. The summed E-state index contributed by atoms with van der Waals surface area (Å²) in [6.45, 7) is 3.89. The van der Waals surface area contributed by atoms with E-state index in [1.54, 1.807) is 13.8 Å². The zero-order valence-corrected chi connectivity index (χ0v) is 9.86. The Morgan fingerprint density at radius 3 is 1.93 bits per heavy atom. The first-order valence-electron chi connectivity index (χ1n) is 4.70. The van der Waals surface area contributed by atoms with Crippen LogP contribution in [-0.2, 0) is 10.0 Å². The molecule has 15 heavy (non-hydrogen) atoms. The van der Waals surface area contributed by atoms with E-state index in [1.165, 1.54) is 9.21 Å². The molecule has 2 atom stereocenters. The number of nitrogens with zero attached hydrogens (tertiary/aromatic N) is 2. The fourth-order valence-electron chi connectivity index (χ4n) is 2.12. The van der Waals surface area contributed by atoms with Crippen LogP contribution in [0.1, 0.15) is 13.8 Å². The average Bonchev–Trinajstić information content (AvgIpc) is 1.99. The minimum atomic E-state index is -3.26. The van der Waals surface area contributed by atoms with Crippen LogP contribution in [0.25, 0.3) is 0 Å². The summed E-state index contributed by atoms with van der Waals surface area (Å²) in [4.78, 5) is 12.0. The number of sulfonamides is 1. The van der Waals surface area contributed by atoms with Gasteiger partial charge in [0.1, 0.15) is 0 Å². The Labute approximate surface area is 89.5 Å². The fourth-order valence-corrected chi connectivity index (χ4v) is 3.56. The van der Waals surface area contributed by atoms with Crippen LogP contribution in [0.5, 0.6) is 0 Å². The highest BCUT2D eigenvalue weighted by Gasteiger charge is 2.36. The van der Waals surface area contributed by atoms with Gasteiger partial charge < -0.3 is 10.0 Å². The SMILES string of the molecule is CC1CN(C(=O)O)CC(C)N1S(C)(=O)=O. The first-order chi connectivity index (χ1) is 6.73. The summed E-state index contributed by atoms with van der Waals surface area (Å²) in [7, 11) is -3.26. The van der Waals surface area contributed by atoms with Gasteiger partial charge in [0, 0.05) is 25.2 Å². The summed E-state index contributed by atoms with van der Waals surface area (Å²) in [6.07, 6.45) is 0.151. The van der Waals surface area contributed by atoms with Gasteiger partial charge in [-0.1, -0.05) is 0 Å². The largest absolute Gasteiger partial charge is 0.465 e. The van der Waals surface area contributed by atoms with Gasteiger partial charge in [-0.3, -0.25) is 0 Å². The second kappa shape index (κ2) is 3.97. The van der Waals surface area contributed by atoms with E-state index in [9.17, 15) is 13.2 Å². The quantitative estimate of drug-likeness (QED) is 0.696. The number of carboxylic acid groups (broad SMARTS) is 1. The lowest BCUT2D eigenvalue weighted by atomic mass is 10.1. The molecule has 0 aromatic rings. The third kappa shape index (κ3) is 2.60. The molecular formula is C8H16N2O4S. The highest BCUT2D eigenvalue weighted by molar-refractivity contribution is 7.88. The lowest BCUT2D eigenvalue weighted by molar-refractivity contribution is 0.0866. The second-order valence-corrected chi connectivity index (χ2v) is 5.87. The van der Waals surface area contributed by atoms with Gasteiger partial charge in [0.05, 0.1) is 6.26 Å². The van der Waals surface area contributed by atoms with Crippen molar-refractivity contribution in [2.45, 2.75) is 25.9 Å². The van der Waals surface area contributed by atoms with E-state index in [-0.39, 0.29) is 25.2 Å². The van der Waals surface area contributed by atoms with E-state index >= 15 is 0 Å². The van der Waals surface area contributed by atoms with Crippen LogP contribution >= 0.6 is 0 Å². The average molecular weight is 236 g/mol. The van der Waals surface area contributed by atoms with Gasteiger partial charge in [0.2, 0.25) is 10.0 Å². The van der Waals surface area contributed by atoms with Crippen LogP contribution in [-0.4, -0.2) is 60.3 Å². The first-order valence-corrected chi connectivity index (χ1v) is 6.54. The van der Waals surface area contributed by atoms with Crippen LogP contribution in [0.4, 0.5) is 4.79 Å². The lowest BCUT2D eigenvalue weighted by Crippen LogP contribution is -2.59. The van der Waals surface area contributed by atoms with Crippen molar-refractivity contribution in [1.82, 2.24) is 9.21 Å². The minimum absolute atomic E-state index is 0.229. The molecule has 0 aromatic carbocycles. The standard InChI is InChI=1S/C8H16N2O4S/c1-6-4-9(8(11)12)5-7(2)10(6)15(3,13)14/h6-7H,4-5H2,1-3H3,(H,11,12). The van der Waals surface area contributed by atoms with Gasteiger partial charge in [-0.15, -0.1) is 0 Å². The maximum absolute atomic E-state index is 11.4. The molecule has 1 fully saturated rings. The molecule has 88 valence electrons. The summed E-state index contributed by atoms with van der Waals surface area (Å²) >= 11 is 0. The van der Waals surface area contributed by atoms with Crippen molar-refractivity contribution in [3.05, 3.63) is 0 Å². The number of hydrogen-bond donors (Lipinski definition) is 1. The third-order valence-electron chi connectivity index (χ3n) is 2.49. The van der Waals surface area contributed by atoms with Crippen LogP contribution in [0.15, 0.2) is 0 Å². The molecule has 1 amide bonds. The molecule has 1 saturated heterocycles. The lowest BCUT2D eigenvalue weighted by Gasteiger charge is -2.41. The third-order valence-corrected chi connectivity index (χ3v) is 3.98. The monoisotopic (exact) mass is 236 g/mol. The van der Waals surface area contributed by atoms with Crippen molar-refractivity contribution in [2.24, 2.45) is 0 Å². The highest BCUT2D eigenvalue weighted by Crippen LogP contribution is 2.18. The number of piperazine rings is 1. The Morgan fingerprint density at radius 1 is 1.27 bits per heavy atom. The number of amides is 1. The van der Waals surface area contributed by atoms with Gasteiger partial charge in [-0.05, 0) is 13.8 Å². The van der Waals surface area contributed by atoms with Crippen molar-refractivity contribution in [2.75, 3.05) is 19.3 Å². The molecule has 1 rings (SSSR count). The molecule has 1 N–H and O–H groups in total. The van der Waals surface area contributed by atoms with Crippen molar-refractivity contribution in [3.8, 4) is 0 Å². The molecule has 0 aromatic heterocycles.